The van der Waals surface area contributed by atoms with Gasteiger partial charge in [0.2, 0.25) is 0 Å². The highest BCUT2D eigenvalue weighted by atomic mass is 14.0. The van der Waals surface area contributed by atoms with Crippen molar-refractivity contribution >= 4 is 0 Å². The maximum Gasteiger partial charge on any atom is -0.0351 e. The summed E-state index contributed by atoms with van der Waals surface area (Å²) in [5.74, 6) is 0.937. The zero-order valence-electron chi connectivity index (χ0n) is 8.97. The molecule has 0 bridgehead atoms. The molecule has 0 spiro atoms. The van der Waals surface area contributed by atoms with E-state index in [1.165, 1.54) is 38.5 Å². The van der Waals surface area contributed by atoms with Gasteiger partial charge in [0, 0.05) is 0 Å². The lowest BCUT2D eigenvalue weighted by molar-refractivity contribution is 0.479. The van der Waals surface area contributed by atoms with Crippen LogP contribution < -0.4 is 0 Å². The molecule has 72 valence electrons. The van der Waals surface area contributed by atoms with Crippen molar-refractivity contribution in [3.05, 3.63) is 12.2 Å². The molecule has 0 saturated heterocycles. The van der Waals surface area contributed by atoms with E-state index in [9.17, 15) is 0 Å². The van der Waals surface area contributed by atoms with E-state index in [1.54, 1.807) is 0 Å². The van der Waals surface area contributed by atoms with Crippen LogP contribution in [0.25, 0.3) is 0 Å². The SMILES string of the molecule is C/C=C/CCCCCC(C)CC. The molecule has 0 heterocycles. The van der Waals surface area contributed by atoms with Gasteiger partial charge < -0.3 is 0 Å². The highest BCUT2D eigenvalue weighted by molar-refractivity contribution is 4.76. The van der Waals surface area contributed by atoms with Crippen LogP contribution in [-0.2, 0) is 0 Å². The van der Waals surface area contributed by atoms with Gasteiger partial charge in [0.1, 0.15) is 0 Å². The van der Waals surface area contributed by atoms with Crippen molar-refractivity contribution in [3.63, 3.8) is 0 Å². The van der Waals surface area contributed by atoms with Gasteiger partial charge in [-0.25, -0.2) is 0 Å². The van der Waals surface area contributed by atoms with Crippen LogP contribution in [0.4, 0.5) is 0 Å². The average molecular weight is 168 g/mol. The van der Waals surface area contributed by atoms with Gasteiger partial charge in [-0.2, -0.15) is 0 Å². The third-order valence-electron chi connectivity index (χ3n) is 2.50. The van der Waals surface area contributed by atoms with Crippen LogP contribution >= 0.6 is 0 Å². The molecule has 0 heteroatoms. The molecule has 0 fully saturated rings. The Labute approximate surface area is 78.1 Å². The van der Waals surface area contributed by atoms with Gasteiger partial charge >= 0.3 is 0 Å². The second-order valence-electron chi connectivity index (χ2n) is 3.72. The van der Waals surface area contributed by atoms with Gasteiger partial charge in [-0.1, -0.05) is 51.7 Å². The van der Waals surface area contributed by atoms with Crippen LogP contribution in [0.1, 0.15) is 59.3 Å². The van der Waals surface area contributed by atoms with E-state index in [1.807, 2.05) is 0 Å². The molecule has 0 aliphatic heterocycles. The fourth-order valence-electron chi connectivity index (χ4n) is 1.30. The zero-order valence-corrected chi connectivity index (χ0v) is 8.97. The molecule has 0 aliphatic carbocycles. The number of unbranched alkanes of at least 4 members (excludes halogenated alkanes) is 3. The van der Waals surface area contributed by atoms with Gasteiger partial charge in [0.05, 0.1) is 0 Å². The zero-order chi connectivity index (χ0) is 9.23. The Morgan fingerprint density at radius 3 is 2.50 bits per heavy atom. The Morgan fingerprint density at radius 2 is 1.92 bits per heavy atom. The van der Waals surface area contributed by atoms with E-state index >= 15 is 0 Å². The predicted octanol–water partition coefficient (Wildman–Crippen LogP) is 4.56. The summed E-state index contributed by atoms with van der Waals surface area (Å²) in [6.45, 7) is 6.73. The molecule has 0 amide bonds. The van der Waals surface area contributed by atoms with E-state index in [2.05, 4.69) is 32.9 Å². The molecule has 0 rings (SSSR count). The largest absolute Gasteiger partial charge is 0.0917 e. The lowest BCUT2D eigenvalue weighted by Gasteiger charge is -2.06. The number of hydrogen-bond acceptors (Lipinski definition) is 0. The second-order valence-corrected chi connectivity index (χ2v) is 3.72. The summed E-state index contributed by atoms with van der Waals surface area (Å²) in [5, 5.41) is 0. The first-order valence-electron chi connectivity index (χ1n) is 5.42. The molecule has 0 saturated carbocycles. The predicted molar refractivity (Wildman–Crippen MR) is 57.4 cm³/mol. The Bertz CT molecular complexity index is 103. The minimum atomic E-state index is 0.937. The van der Waals surface area contributed by atoms with Crippen LogP contribution in [0.3, 0.4) is 0 Å². The minimum Gasteiger partial charge on any atom is -0.0917 e. The average Bonchev–Trinajstić information content (AvgIpc) is 2.10. The number of allylic oxidation sites excluding steroid dienone is 2. The monoisotopic (exact) mass is 168 g/mol. The summed E-state index contributed by atoms with van der Waals surface area (Å²) in [5.41, 5.74) is 0. The van der Waals surface area contributed by atoms with E-state index in [-0.39, 0.29) is 0 Å². The molecular formula is C12H24. The summed E-state index contributed by atoms with van der Waals surface area (Å²) in [7, 11) is 0. The van der Waals surface area contributed by atoms with E-state index in [4.69, 9.17) is 0 Å². The fraction of sp³-hybridized carbons (Fsp3) is 0.833. The molecule has 0 aromatic rings. The highest BCUT2D eigenvalue weighted by Gasteiger charge is 1.96. The van der Waals surface area contributed by atoms with Crippen LogP contribution in [0.5, 0.6) is 0 Å². The smallest absolute Gasteiger partial charge is 0.0351 e. The van der Waals surface area contributed by atoms with Crippen molar-refractivity contribution in [1.82, 2.24) is 0 Å². The molecule has 0 aromatic carbocycles. The Morgan fingerprint density at radius 1 is 1.17 bits per heavy atom. The summed E-state index contributed by atoms with van der Waals surface area (Å²) < 4.78 is 0. The summed E-state index contributed by atoms with van der Waals surface area (Å²) in [6.07, 6.45) is 12.7. The van der Waals surface area contributed by atoms with Gasteiger partial charge in [0.25, 0.3) is 0 Å². The van der Waals surface area contributed by atoms with Crippen molar-refractivity contribution in [2.45, 2.75) is 59.3 Å². The van der Waals surface area contributed by atoms with Gasteiger partial charge in [-0.3, -0.25) is 0 Å². The summed E-state index contributed by atoms with van der Waals surface area (Å²) in [4.78, 5) is 0. The van der Waals surface area contributed by atoms with Crippen LogP contribution in [0.15, 0.2) is 12.2 Å². The molecule has 0 N–H and O–H groups in total. The first kappa shape index (κ1) is 11.7. The Balaban J connectivity index is 3.00. The van der Waals surface area contributed by atoms with Crippen molar-refractivity contribution in [2.75, 3.05) is 0 Å². The molecule has 1 atom stereocenters. The van der Waals surface area contributed by atoms with Gasteiger partial charge in [-0.15, -0.1) is 0 Å². The molecule has 0 aromatic heterocycles. The molecule has 0 radical (unpaired) electrons. The summed E-state index contributed by atoms with van der Waals surface area (Å²) >= 11 is 0. The lowest BCUT2D eigenvalue weighted by atomic mass is 10.0. The molecule has 0 aliphatic rings. The van der Waals surface area contributed by atoms with Crippen LogP contribution in [0.2, 0.25) is 0 Å². The maximum atomic E-state index is 2.35. The minimum absolute atomic E-state index is 0.937. The first-order valence-corrected chi connectivity index (χ1v) is 5.42. The quantitative estimate of drug-likeness (QED) is 0.386. The van der Waals surface area contributed by atoms with E-state index in [0.717, 1.165) is 5.92 Å². The summed E-state index contributed by atoms with van der Waals surface area (Å²) in [6, 6.07) is 0. The molecular weight excluding hydrogens is 144 g/mol. The fourth-order valence-corrected chi connectivity index (χ4v) is 1.30. The van der Waals surface area contributed by atoms with Crippen molar-refractivity contribution in [1.29, 1.82) is 0 Å². The Kier molecular flexibility index (Phi) is 8.64. The highest BCUT2D eigenvalue weighted by Crippen LogP contribution is 2.12. The van der Waals surface area contributed by atoms with Crippen molar-refractivity contribution in [3.8, 4) is 0 Å². The van der Waals surface area contributed by atoms with Crippen molar-refractivity contribution in [2.24, 2.45) is 5.92 Å². The van der Waals surface area contributed by atoms with Gasteiger partial charge in [-0.05, 0) is 25.7 Å². The van der Waals surface area contributed by atoms with Crippen LogP contribution in [-0.4, -0.2) is 0 Å². The standard InChI is InChI=1S/C12H24/c1-4-6-7-8-9-10-11-12(3)5-2/h4,6,12H,5,7-11H2,1-3H3/b6-4+. The Hall–Kier alpha value is -0.260. The third kappa shape index (κ3) is 7.84. The van der Waals surface area contributed by atoms with E-state index < -0.39 is 0 Å². The molecule has 1 unspecified atom stereocenters. The topological polar surface area (TPSA) is 0 Å². The normalized spacial score (nSPS) is 13.9. The lowest BCUT2D eigenvalue weighted by Crippen LogP contribution is -1.91. The molecule has 12 heavy (non-hydrogen) atoms. The number of rotatable bonds is 7. The second kappa shape index (κ2) is 8.83. The van der Waals surface area contributed by atoms with Crippen molar-refractivity contribution < 1.29 is 0 Å². The third-order valence-corrected chi connectivity index (χ3v) is 2.50. The van der Waals surface area contributed by atoms with Crippen LogP contribution in [0, 0.1) is 5.92 Å². The molecule has 0 nitrogen and oxygen atoms in total. The first-order chi connectivity index (χ1) is 5.81. The maximum absolute atomic E-state index is 2.35. The number of hydrogen-bond donors (Lipinski definition) is 0. The van der Waals surface area contributed by atoms with E-state index in [0.29, 0.717) is 0 Å². The van der Waals surface area contributed by atoms with Gasteiger partial charge in [0.15, 0.2) is 0 Å².